The molecular weight excluding hydrogens is 177 g/mol. The van der Waals surface area contributed by atoms with Gasteiger partial charge in [-0.25, -0.2) is 0 Å². The van der Waals surface area contributed by atoms with Crippen molar-refractivity contribution in [3.63, 3.8) is 0 Å². The van der Waals surface area contributed by atoms with Gasteiger partial charge in [-0.2, -0.15) is 0 Å². The number of benzene rings is 1. The van der Waals surface area contributed by atoms with E-state index in [9.17, 15) is 4.79 Å². The Morgan fingerprint density at radius 1 is 1.38 bits per heavy atom. The standard InChI is InChI=1S/C9H11NO2.Na.H/c10-8(9(11)12)6-7-4-2-1-3-5-7;;/h1-5,8H,6,10H2,(H,11,12);;. The summed E-state index contributed by atoms with van der Waals surface area (Å²) in [6, 6.07) is 8.54. The summed E-state index contributed by atoms with van der Waals surface area (Å²) in [5.74, 6) is -0.959. The number of aliphatic carboxylic acids is 1. The van der Waals surface area contributed by atoms with Crippen molar-refractivity contribution < 1.29 is 9.90 Å². The van der Waals surface area contributed by atoms with Gasteiger partial charge in [-0.15, -0.1) is 0 Å². The molecule has 0 radical (unpaired) electrons. The van der Waals surface area contributed by atoms with Crippen LogP contribution in [0, 0.1) is 0 Å². The minimum absolute atomic E-state index is 0. The summed E-state index contributed by atoms with van der Waals surface area (Å²) in [6.07, 6.45) is 0.385. The summed E-state index contributed by atoms with van der Waals surface area (Å²) < 4.78 is 0. The summed E-state index contributed by atoms with van der Waals surface area (Å²) >= 11 is 0. The van der Waals surface area contributed by atoms with Gasteiger partial charge in [0.15, 0.2) is 0 Å². The third-order valence-electron chi connectivity index (χ3n) is 1.62. The van der Waals surface area contributed by atoms with E-state index in [2.05, 4.69) is 0 Å². The van der Waals surface area contributed by atoms with Gasteiger partial charge in [0.1, 0.15) is 6.04 Å². The molecular formula is C9H12NNaO2. The average molecular weight is 189 g/mol. The van der Waals surface area contributed by atoms with Crippen molar-refractivity contribution in [3.05, 3.63) is 35.9 Å². The molecule has 0 aliphatic rings. The van der Waals surface area contributed by atoms with E-state index in [1.807, 2.05) is 30.3 Å². The van der Waals surface area contributed by atoms with Crippen LogP contribution >= 0.6 is 0 Å². The second kappa shape index (κ2) is 6.16. The Kier molecular flexibility index (Phi) is 5.99. The molecule has 1 aromatic rings. The van der Waals surface area contributed by atoms with Crippen molar-refractivity contribution in [2.75, 3.05) is 0 Å². The summed E-state index contributed by atoms with van der Waals surface area (Å²) in [5.41, 5.74) is 6.30. The van der Waals surface area contributed by atoms with Gasteiger partial charge in [0.05, 0.1) is 0 Å². The second-order valence-electron chi connectivity index (χ2n) is 2.63. The van der Waals surface area contributed by atoms with E-state index in [0.29, 0.717) is 6.42 Å². The molecule has 1 rings (SSSR count). The third kappa shape index (κ3) is 4.43. The van der Waals surface area contributed by atoms with Crippen molar-refractivity contribution in [1.82, 2.24) is 0 Å². The van der Waals surface area contributed by atoms with E-state index in [1.54, 1.807) is 0 Å². The third-order valence-corrected chi connectivity index (χ3v) is 1.62. The van der Waals surface area contributed by atoms with Gasteiger partial charge < -0.3 is 10.8 Å². The molecule has 0 bridgehead atoms. The molecule has 1 unspecified atom stereocenters. The number of hydrogen-bond donors (Lipinski definition) is 2. The second-order valence-corrected chi connectivity index (χ2v) is 2.63. The molecule has 0 fully saturated rings. The van der Waals surface area contributed by atoms with Crippen LogP contribution in [0.3, 0.4) is 0 Å². The van der Waals surface area contributed by atoms with Crippen LogP contribution in [-0.2, 0) is 11.2 Å². The minimum atomic E-state index is -0.959. The first-order valence-corrected chi connectivity index (χ1v) is 3.72. The Labute approximate surface area is 99.2 Å². The van der Waals surface area contributed by atoms with Gasteiger partial charge >= 0.3 is 35.5 Å². The fourth-order valence-electron chi connectivity index (χ4n) is 0.955. The normalized spacial score (nSPS) is 11.5. The Morgan fingerprint density at radius 2 is 1.92 bits per heavy atom. The number of nitrogens with two attached hydrogens (primary N) is 1. The van der Waals surface area contributed by atoms with Crippen molar-refractivity contribution >= 4 is 35.5 Å². The number of carboxylic acid groups (broad SMARTS) is 1. The first-order valence-electron chi connectivity index (χ1n) is 3.72. The molecule has 0 saturated carbocycles. The van der Waals surface area contributed by atoms with E-state index < -0.39 is 12.0 Å². The molecule has 0 amide bonds. The first-order chi connectivity index (χ1) is 5.70. The molecule has 0 saturated heterocycles. The average Bonchev–Trinajstić information content (AvgIpc) is 2.06. The number of carbonyl (C=O) groups is 1. The molecule has 0 aliphatic carbocycles. The van der Waals surface area contributed by atoms with E-state index >= 15 is 0 Å². The van der Waals surface area contributed by atoms with Crippen LogP contribution in [-0.4, -0.2) is 46.7 Å². The van der Waals surface area contributed by atoms with Crippen LogP contribution in [0.15, 0.2) is 30.3 Å². The molecule has 3 N–H and O–H groups in total. The Bertz CT molecular complexity index is 264. The number of carboxylic acids is 1. The summed E-state index contributed by atoms with van der Waals surface area (Å²) in [4.78, 5) is 10.4. The first kappa shape index (κ1) is 12.7. The molecule has 1 aromatic carbocycles. The quantitative estimate of drug-likeness (QED) is 0.657. The molecule has 3 nitrogen and oxygen atoms in total. The van der Waals surface area contributed by atoms with Crippen molar-refractivity contribution in [1.29, 1.82) is 0 Å². The molecule has 13 heavy (non-hydrogen) atoms. The fourth-order valence-corrected chi connectivity index (χ4v) is 0.955. The van der Waals surface area contributed by atoms with Gasteiger partial charge in [-0.3, -0.25) is 4.79 Å². The van der Waals surface area contributed by atoms with E-state index in [-0.39, 0.29) is 29.6 Å². The zero-order valence-corrected chi connectivity index (χ0v) is 6.60. The predicted octanol–water partition coefficient (Wildman–Crippen LogP) is -0.00750. The van der Waals surface area contributed by atoms with Crippen LogP contribution in [0.25, 0.3) is 0 Å². The van der Waals surface area contributed by atoms with E-state index in [4.69, 9.17) is 10.8 Å². The zero-order chi connectivity index (χ0) is 8.97. The van der Waals surface area contributed by atoms with Crippen LogP contribution in [0.4, 0.5) is 0 Å². The number of rotatable bonds is 3. The molecule has 0 aliphatic heterocycles. The van der Waals surface area contributed by atoms with E-state index in [0.717, 1.165) is 5.56 Å². The zero-order valence-electron chi connectivity index (χ0n) is 6.60. The van der Waals surface area contributed by atoms with Crippen LogP contribution in [0.5, 0.6) is 0 Å². The maximum atomic E-state index is 10.4. The molecule has 66 valence electrons. The molecule has 0 spiro atoms. The topological polar surface area (TPSA) is 63.3 Å². The Hall–Kier alpha value is -0.350. The SMILES string of the molecule is NC(Cc1ccccc1)C(=O)O.[NaH]. The van der Waals surface area contributed by atoms with Gasteiger partial charge in [-0.05, 0) is 12.0 Å². The Morgan fingerprint density at radius 3 is 2.38 bits per heavy atom. The molecule has 1 atom stereocenters. The maximum absolute atomic E-state index is 10.4. The van der Waals surface area contributed by atoms with Gasteiger partial charge in [-0.1, -0.05) is 30.3 Å². The van der Waals surface area contributed by atoms with E-state index in [1.165, 1.54) is 0 Å². The van der Waals surface area contributed by atoms with Crippen LogP contribution in [0.1, 0.15) is 5.56 Å². The summed E-state index contributed by atoms with van der Waals surface area (Å²) in [6.45, 7) is 0. The van der Waals surface area contributed by atoms with Crippen LogP contribution in [0.2, 0.25) is 0 Å². The van der Waals surface area contributed by atoms with Gasteiger partial charge in [0.2, 0.25) is 0 Å². The Balaban J connectivity index is 0.00000144. The fraction of sp³-hybridized carbons (Fsp3) is 0.222. The number of hydrogen-bond acceptors (Lipinski definition) is 2. The van der Waals surface area contributed by atoms with Crippen molar-refractivity contribution in [3.8, 4) is 0 Å². The van der Waals surface area contributed by atoms with Gasteiger partial charge in [0.25, 0.3) is 0 Å². The predicted molar refractivity (Wildman–Crippen MR) is 52.9 cm³/mol. The molecule has 4 heteroatoms. The molecule has 0 aromatic heterocycles. The monoisotopic (exact) mass is 189 g/mol. The van der Waals surface area contributed by atoms with Crippen molar-refractivity contribution in [2.45, 2.75) is 12.5 Å². The van der Waals surface area contributed by atoms with Crippen LogP contribution < -0.4 is 5.73 Å². The summed E-state index contributed by atoms with van der Waals surface area (Å²) in [5, 5.41) is 8.52. The summed E-state index contributed by atoms with van der Waals surface area (Å²) in [7, 11) is 0. The van der Waals surface area contributed by atoms with Crippen molar-refractivity contribution in [2.24, 2.45) is 5.73 Å². The molecule has 0 heterocycles. The van der Waals surface area contributed by atoms with Gasteiger partial charge in [0, 0.05) is 0 Å².